The van der Waals surface area contributed by atoms with Gasteiger partial charge in [0.05, 0.1) is 5.56 Å². The van der Waals surface area contributed by atoms with E-state index in [1.807, 2.05) is 44.2 Å². The number of benzene rings is 1. The fourth-order valence-electron chi connectivity index (χ4n) is 1.97. The lowest BCUT2D eigenvalue weighted by molar-refractivity contribution is 0.292. The van der Waals surface area contributed by atoms with Crippen LogP contribution < -0.4 is 10.5 Å². The summed E-state index contributed by atoms with van der Waals surface area (Å²) in [6.45, 7) is 4.28. The van der Waals surface area contributed by atoms with Crippen molar-refractivity contribution in [2.24, 2.45) is 5.73 Å². The van der Waals surface area contributed by atoms with E-state index in [9.17, 15) is 0 Å². The largest absolute Gasteiger partial charge is 0.472 e. The van der Waals surface area contributed by atoms with Gasteiger partial charge in [-0.3, -0.25) is 0 Å². The first-order chi connectivity index (χ1) is 9.49. The Bertz CT molecular complexity index is 658. The summed E-state index contributed by atoms with van der Waals surface area (Å²) in [7, 11) is 0. The SMILES string of the molecule is Cc1cc(C)c(C(N)=S)c(OCc2ccccc2Br)n1. The normalized spacial score (nSPS) is 10.3. The number of hydrogen-bond acceptors (Lipinski definition) is 3. The molecule has 5 heteroatoms. The number of rotatable bonds is 4. The van der Waals surface area contributed by atoms with E-state index in [1.165, 1.54) is 0 Å². The van der Waals surface area contributed by atoms with Gasteiger partial charge in [-0.15, -0.1) is 0 Å². The van der Waals surface area contributed by atoms with E-state index in [0.717, 1.165) is 21.3 Å². The van der Waals surface area contributed by atoms with Gasteiger partial charge in [0, 0.05) is 15.7 Å². The van der Waals surface area contributed by atoms with Crippen LogP contribution in [0, 0.1) is 13.8 Å². The van der Waals surface area contributed by atoms with Gasteiger partial charge in [0.15, 0.2) is 0 Å². The molecule has 0 saturated heterocycles. The molecule has 0 atom stereocenters. The Morgan fingerprint density at radius 2 is 2.05 bits per heavy atom. The molecule has 0 aliphatic rings. The number of ether oxygens (including phenoxy) is 1. The van der Waals surface area contributed by atoms with Gasteiger partial charge < -0.3 is 10.5 Å². The Hall–Kier alpha value is -1.46. The lowest BCUT2D eigenvalue weighted by atomic mass is 10.1. The third kappa shape index (κ3) is 3.35. The molecule has 0 unspecified atom stereocenters. The van der Waals surface area contributed by atoms with Crippen LogP contribution in [-0.2, 0) is 6.61 Å². The van der Waals surface area contributed by atoms with Gasteiger partial charge in [0.25, 0.3) is 0 Å². The number of pyridine rings is 1. The molecule has 0 fully saturated rings. The molecule has 0 bridgehead atoms. The van der Waals surface area contributed by atoms with Crippen LogP contribution in [0.15, 0.2) is 34.8 Å². The number of hydrogen-bond donors (Lipinski definition) is 1. The predicted molar refractivity (Wildman–Crippen MR) is 88.1 cm³/mol. The fraction of sp³-hybridized carbons (Fsp3) is 0.200. The van der Waals surface area contributed by atoms with Crippen molar-refractivity contribution in [1.29, 1.82) is 0 Å². The van der Waals surface area contributed by atoms with Crippen molar-refractivity contribution in [2.45, 2.75) is 20.5 Å². The first kappa shape index (κ1) is 14.9. The number of nitrogens with zero attached hydrogens (tertiary/aromatic N) is 1. The molecular formula is C15H15BrN2OS. The molecule has 1 aromatic heterocycles. The van der Waals surface area contributed by atoms with Crippen LogP contribution in [-0.4, -0.2) is 9.97 Å². The Balaban J connectivity index is 2.30. The maximum atomic E-state index is 5.82. The molecule has 1 aromatic carbocycles. The van der Waals surface area contributed by atoms with E-state index in [1.54, 1.807) is 0 Å². The van der Waals surface area contributed by atoms with Crippen LogP contribution in [0.5, 0.6) is 5.88 Å². The maximum absolute atomic E-state index is 5.82. The van der Waals surface area contributed by atoms with E-state index >= 15 is 0 Å². The first-order valence-electron chi connectivity index (χ1n) is 6.13. The van der Waals surface area contributed by atoms with Crippen molar-refractivity contribution >= 4 is 33.1 Å². The van der Waals surface area contributed by atoms with Crippen molar-refractivity contribution < 1.29 is 4.74 Å². The quantitative estimate of drug-likeness (QED) is 0.854. The van der Waals surface area contributed by atoms with Gasteiger partial charge in [-0.25, -0.2) is 4.98 Å². The number of nitrogens with two attached hydrogens (primary N) is 1. The van der Waals surface area contributed by atoms with Crippen LogP contribution in [0.4, 0.5) is 0 Å². The third-order valence-electron chi connectivity index (χ3n) is 2.88. The second-order valence-electron chi connectivity index (χ2n) is 4.51. The number of thiocarbonyl (C=S) groups is 1. The van der Waals surface area contributed by atoms with Gasteiger partial charge in [0.2, 0.25) is 5.88 Å². The minimum Gasteiger partial charge on any atom is -0.472 e. The molecule has 0 radical (unpaired) electrons. The van der Waals surface area contributed by atoms with Crippen LogP contribution in [0.2, 0.25) is 0 Å². The van der Waals surface area contributed by atoms with Crippen LogP contribution in [0.3, 0.4) is 0 Å². The molecule has 1 heterocycles. The number of aromatic nitrogens is 1. The molecule has 2 rings (SSSR count). The van der Waals surface area contributed by atoms with Gasteiger partial charge in [-0.05, 0) is 31.5 Å². The smallest absolute Gasteiger partial charge is 0.224 e. The average Bonchev–Trinajstić information content (AvgIpc) is 2.36. The van der Waals surface area contributed by atoms with Crippen molar-refractivity contribution in [3.8, 4) is 5.88 Å². The highest BCUT2D eigenvalue weighted by molar-refractivity contribution is 9.10. The van der Waals surface area contributed by atoms with Crippen molar-refractivity contribution in [3.63, 3.8) is 0 Å². The summed E-state index contributed by atoms with van der Waals surface area (Å²) in [5.41, 5.74) is 9.37. The summed E-state index contributed by atoms with van der Waals surface area (Å²) in [4.78, 5) is 4.70. The second kappa shape index (κ2) is 6.33. The van der Waals surface area contributed by atoms with Crippen molar-refractivity contribution in [3.05, 3.63) is 57.2 Å². The van der Waals surface area contributed by atoms with Gasteiger partial charge in [0.1, 0.15) is 11.6 Å². The summed E-state index contributed by atoms with van der Waals surface area (Å²) in [5.74, 6) is 0.491. The zero-order valence-electron chi connectivity index (χ0n) is 11.3. The van der Waals surface area contributed by atoms with Crippen LogP contribution >= 0.6 is 28.1 Å². The molecule has 2 N–H and O–H groups in total. The summed E-state index contributed by atoms with van der Waals surface area (Å²) in [6, 6.07) is 9.84. The van der Waals surface area contributed by atoms with E-state index in [0.29, 0.717) is 23.0 Å². The highest BCUT2D eigenvalue weighted by Crippen LogP contribution is 2.23. The Morgan fingerprint density at radius 3 is 2.70 bits per heavy atom. The van der Waals surface area contributed by atoms with Gasteiger partial charge >= 0.3 is 0 Å². The molecule has 20 heavy (non-hydrogen) atoms. The fourth-order valence-corrected chi connectivity index (χ4v) is 2.62. The molecule has 0 spiro atoms. The molecule has 0 saturated carbocycles. The molecular weight excluding hydrogens is 336 g/mol. The molecule has 3 nitrogen and oxygen atoms in total. The van der Waals surface area contributed by atoms with Gasteiger partial charge in [-0.1, -0.05) is 46.3 Å². The molecule has 104 valence electrons. The molecule has 2 aromatic rings. The van der Waals surface area contributed by atoms with E-state index < -0.39 is 0 Å². The van der Waals surface area contributed by atoms with Crippen molar-refractivity contribution in [1.82, 2.24) is 4.98 Å². The monoisotopic (exact) mass is 350 g/mol. The highest BCUT2D eigenvalue weighted by Gasteiger charge is 2.13. The maximum Gasteiger partial charge on any atom is 0.224 e. The summed E-state index contributed by atoms with van der Waals surface area (Å²) >= 11 is 8.58. The number of halogens is 1. The van der Waals surface area contributed by atoms with E-state index in [-0.39, 0.29) is 0 Å². The highest BCUT2D eigenvalue weighted by atomic mass is 79.9. The van der Waals surface area contributed by atoms with Crippen LogP contribution in [0.25, 0.3) is 0 Å². The molecule has 0 aliphatic carbocycles. The van der Waals surface area contributed by atoms with Crippen LogP contribution in [0.1, 0.15) is 22.4 Å². The molecule has 0 amide bonds. The van der Waals surface area contributed by atoms with E-state index in [4.69, 9.17) is 22.7 Å². The zero-order valence-corrected chi connectivity index (χ0v) is 13.7. The summed E-state index contributed by atoms with van der Waals surface area (Å²) < 4.78 is 6.82. The number of aryl methyl sites for hydroxylation is 2. The summed E-state index contributed by atoms with van der Waals surface area (Å²) in [5, 5.41) is 0. The first-order valence-corrected chi connectivity index (χ1v) is 7.33. The minimum absolute atomic E-state index is 0.303. The average molecular weight is 351 g/mol. The summed E-state index contributed by atoms with van der Waals surface area (Å²) in [6.07, 6.45) is 0. The van der Waals surface area contributed by atoms with Crippen molar-refractivity contribution in [2.75, 3.05) is 0 Å². The minimum atomic E-state index is 0.303. The Labute approximate surface area is 132 Å². The zero-order chi connectivity index (χ0) is 14.7. The second-order valence-corrected chi connectivity index (χ2v) is 5.80. The van der Waals surface area contributed by atoms with Gasteiger partial charge in [-0.2, -0.15) is 0 Å². The topological polar surface area (TPSA) is 48.1 Å². The van der Waals surface area contributed by atoms with E-state index in [2.05, 4.69) is 20.9 Å². The Morgan fingerprint density at radius 1 is 1.35 bits per heavy atom. The Kier molecular flexibility index (Phi) is 4.73. The lowest BCUT2D eigenvalue weighted by Gasteiger charge is -2.13. The third-order valence-corrected chi connectivity index (χ3v) is 3.86. The standard InChI is InChI=1S/C15H15BrN2OS/c1-9-7-10(2)18-15(13(9)14(17)20)19-8-11-5-3-4-6-12(11)16/h3-7H,8H2,1-2H3,(H2,17,20). The lowest BCUT2D eigenvalue weighted by Crippen LogP contribution is -2.15. The molecule has 0 aliphatic heterocycles. The predicted octanol–water partition coefficient (Wildman–Crippen LogP) is 3.67.